The van der Waals surface area contributed by atoms with Crippen LogP contribution in [0.5, 0.6) is 17.5 Å². The normalized spacial score (nSPS) is 11.4. The molecule has 0 bridgehead atoms. The van der Waals surface area contributed by atoms with Crippen LogP contribution in [0.25, 0.3) is 22.2 Å². The van der Waals surface area contributed by atoms with Gasteiger partial charge in [0, 0.05) is 30.6 Å². The molecule has 0 fully saturated rings. The largest absolute Gasteiger partial charge is 0.494 e. The molecule has 2 aromatic carbocycles. The molecule has 0 spiro atoms. The Morgan fingerprint density at radius 3 is 2.53 bits per heavy atom. The molecule has 7 nitrogen and oxygen atoms in total. The lowest BCUT2D eigenvalue weighted by Crippen LogP contribution is -1.97. The van der Waals surface area contributed by atoms with Gasteiger partial charge in [-0.05, 0) is 29.8 Å². The minimum atomic E-state index is -2.80. The predicted molar refractivity (Wildman–Crippen MR) is 118 cm³/mol. The van der Waals surface area contributed by atoms with Crippen LogP contribution in [-0.4, -0.2) is 29.4 Å². The van der Waals surface area contributed by atoms with Gasteiger partial charge in [0.1, 0.15) is 11.7 Å². The molecule has 1 N–H and O–H groups in total. The number of benzene rings is 2. The Balaban J connectivity index is 1.42. The van der Waals surface area contributed by atoms with E-state index in [2.05, 4.69) is 15.1 Å². The number of hydrogen-bond donors (Lipinski definition) is 1. The van der Waals surface area contributed by atoms with E-state index in [4.69, 9.17) is 4.74 Å². The van der Waals surface area contributed by atoms with Gasteiger partial charge in [-0.15, -0.1) is 0 Å². The lowest BCUT2D eigenvalue weighted by atomic mass is 10.1. The first-order valence-corrected chi connectivity index (χ1v) is 10.3. The van der Waals surface area contributed by atoms with Gasteiger partial charge in [0.25, 0.3) is 6.43 Å². The van der Waals surface area contributed by atoms with E-state index in [0.717, 1.165) is 29.0 Å². The number of halogens is 3. The Bertz CT molecular complexity index is 1480. The fraction of sp³-hybridized carbons (Fsp3) is 0.125. The molecule has 3 heterocycles. The average Bonchev–Trinajstić information content (AvgIpc) is 3.39. The number of ether oxygens (including phenoxy) is 1. The SMILES string of the molecule is Cn1ccc(-c2ccc(Cn3cc4ncnc(Oc5ccc(C(F)F)cc5F)c4c3O)cc2)n1. The van der Waals surface area contributed by atoms with Crippen molar-refractivity contribution < 1.29 is 23.0 Å². The van der Waals surface area contributed by atoms with Crippen molar-refractivity contribution in [2.24, 2.45) is 7.05 Å². The molecule has 0 atom stereocenters. The zero-order valence-corrected chi connectivity index (χ0v) is 17.9. The van der Waals surface area contributed by atoms with Crippen LogP contribution in [0.2, 0.25) is 0 Å². The molecule has 0 unspecified atom stereocenters. The smallest absolute Gasteiger partial charge is 0.263 e. The van der Waals surface area contributed by atoms with Crippen molar-refractivity contribution in [1.82, 2.24) is 24.3 Å². The van der Waals surface area contributed by atoms with Crippen molar-refractivity contribution in [1.29, 1.82) is 0 Å². The van der Waals surface area contributed by atoms with Crippen molar-refractivity contribution in [2.75, 3.05) is 0 Å². The molecule has 3 aromatic heterocycles. The first-order valence-electron chi connectivity index (χ1n) is 10.3. The van der Waals surface area contributed by atoms with Crippen LogP contribution < -0.4 is 4.74 Å². The van der Waals surface area contributed by atoms with E-state index in [9.17, 15) is 18.3 Å². The highest BCUT2D eigenvalue weighted by Crippen LogP contribution is 2.36. The maximum Gasteiger partial charge on any atom is 0.263 e. The molecular formula is C24H18F3N5O2. The molecule has 0 aliphatic heterocycles. The second-order valence-electron chi connectivity index (χ2n) is 7.68. The van der Waals surface area contributed by atoms with Gasteiger partial charge < -0.3 is 14.4 Å². The summed E-state index contributed by atoms with van der Waals surface area (Å²) in [5.74, 6) is -1.50. The summed E-state index contributed by atoms with van der Waals surface area (Å²) in [5, 5.41) is 15.4. The zero-order valence-electron chi connectivity index (χ0n) is 17.9. The van der Waals surface area contributed by atoms with E-state index in [0.29, 0.717) is 18.1 Å². The van der Waals surface area contributed by atoms with Crippen LogP contribution in [0.1, 0.15) is 17.6 Å². The van der Waals surface area contributed by atoms with E-state index in [1.165, 1.54) is 6.33 Å². The van der Waals surface area contributed by atoms with Gasteiger partial charge in [-0.2, -0.15) is 5.10 Å². The Morgan fingerprint density at radius 1 is 1.06 bits per heavy atom. The van der Waals surface area contributed by atoms with E-state index in [1.54, 1.807) is 15.4 Å². The number of fused-ring (bicyclic) bond motifs is 1. The lowest BCUT2D eigenvalue weighted by molar-refractivity contribution is 0.151. The highest BCUT2D eigenvalue weighted by molar-refractivity contribution is 5.89. The first kappa shape index (κ1) is 21.5. The summed E-state index contributed by atoms with van der Waals surface area (Å²) in [6, 6.07) is 12.5. The molecule has 5 aromatic rings. The molecule has 172 valence electrons. The zero-order chi connectivity index (χ0) is 23.8. The molecule has 0 saturated carbocycles. The summed E-state index contributed by atoms with van der Waals surface area (Å²) in [5.41, 5.74) is 2.67. The third-order valence-corrected chi connectivity index (χ3v) is 5.35. The molecule has 0 aliphatic carbocycles. The van der Waals surface area contributed by atoms with Crippen molar-refractivity contribution in [2.45, 2.75) is 13.0 Å². The first-order chi connectivity index (χ1) is 16.4. The van der Waals surface area contributed by atoms with E-state index >= 15 is 0 Å². The van der Waals surface area contributed by atoms with E-state index < -0.39 is 17.8 Å². The standard InChI is InChI=1S/C24H18F3N5O2/c1-31-9-8-18(30-31)15-4-2-14(3-5-15)11-32-12-19-21(24(32)33)23(29-13-28-19)34-20-7-6-16(22(26)27)10-17(20)25/h2-10,12-13,22,33H,11H2,1H3. The highest BCUT2D eigenvalue weighted by atomic mass is 19.3. The van der Waals surface area contributed by atoms with Gasteiger partial charge in [-0.25, -0.2) is 23.1 Å². The van der Waals surface area contributed by atoms with Crippen LogP contribution in [0.4, 0.5) is 13.2 Å². The van der Waals surface area contributed by atoms with Crippen LogP contribution in [-0.2, 0) is 13.6 Å². The van der Waals surface area contributed by atoms with Crippen molar-refractivity contribution in [3.05, 3.63) is 84.2 Å². The second kappa shape index (κ2) is 8.54. The summed E-state index contributed by atoms with van der Waals surface area (Å²) >= 11 is 0. The van der Waals surface area contributed by atoms with Crippen molar-refractivity contribution in [3.63, 3.8) is 0 Å². The molecule has 10 heteroatoms. The lowest BCUT2D eigenvalue weighted by Gasteiger charge is -2.09. The molecular weight excluding hydrogens is 447 g/mol. The Labute approximate surface area is 191 Å². The summed E-state index contributed by atoms with van der Waals surface area (Å²) in [7, 11) is 1.85. The maximum absolute atomic E-state index is 14.3. The Hall–Kier alpha value is -4.34. The van der Waals surface area contributed by atoms with Crippen LogP contribution in [0.3, 0.4) is 0 Å². The fourth-order valence-electron chi connectivity index (χ4n) is 3.63. The average molecular weight is 465 g/mol. The highest BCUT2D eigenvalue weighted by Gasteiger charge is 2.19. The monoisotopic (exact) mass is 465 g/mol. The predicted octanol–water partition coefficient (Wildman–Crippen LogP) is 5.45. The summed E-state index contributed by atoms with van der Waals surface area (Å²) in [6.45, 7) is 0.335. The molecule has 0 radical (unpaired) electrons. The van der Waals surface area contributed by atoms with Crippen LogP contribution >= 0.6 is 0 Å². The quantitative estimate of drug-likeness (QED) is 0.361. The molecule has 0 amide bonds. The Morgan fingerprint density at radius 2 is 1.85 bits per heavy atom. The topological polar surface area (TPSA) is 78.0 Å². The van der Waals surface area contributed by atoms with Crippen molar-refractivity contribution in [3.8, 4) is 28.8 Å². The maximum atomic E-state index is 14.3. The summed E-state index contributed by atoms with van der Waals surface area (Å²) in [4.78, 5) is 8.15. The van der Waals surface area contributed by atoms with Gasteiger partial charge in [0.2, 0.25) is 11.8 Å². The van der Waals surface area contributed by atoms with E-state index in [1.807, 2.05) is 43.6 Å². The Kier molecular flexibility index (Phi) is 5.40. The number of nitrogens with zero attached hydrogens (tertiary/aromatic N) is 5. The molecule has 0 aliphatic rings. The van der Waals surface area contributed by atoms with Gasteiger partial charge in [0.15, 0.2) is 11.6 Å². The third kappa shape index (κ3) is 4.05. The number of hydrogen-bond acceptors (Lipinski definition) is 5. The third-order valence-electron chi connectivity index (χ3n) is 5.35. The van der Waals surface area contributed by atoms with Gasteiger partial charge in [0.05, 0.1) is 17.8 Å². The minimum absolute atomic E-state index is 0.0875. The van der Waals surface area contributed by atoms with Gasteiger partial charge in [-0.1, -0.05) is 24.3 Å². The number of rotatable bonds is 6. The number of aromatic nitrogens is 5. The number of alkyl halides is 2. The van der Waals surface area contributed by atoms with Gasteiger partial charge in [-0.3, -0.25) is 4.68 Å². The van der Waals surface area contributed by atoms with E-state index in [-0.39, 0.29) is 22.9 Å². The summed E-state index contributed by atoms with van der Waals surface area (Å²) in [6.07, 6.45) is 1.91. The second-order valence-corrected chi connectivity index (χ2v) is 7.68. The van der Waals surface area contributed by atoms with Gasteiger partial charge >= 0.3 is 0 Å². The van der Waals surface area contributed by atoms with Crippen molar-refractivity contribution >= 4 is 10.9 Å². The van der Waals surface area contributed by atoms with Crippen LogP contribution in [0.15, 0.2) is 67.3 Å². The fourth-order valence-corrected chi connectivity index (χ4v) is 3.63. The van der Waals surface area contributed by atoms with Crippen LogP contribution in [0, 0.1) is 5.82 Å². The summed E-state index contributed by atoms with van der Waals surface area (Å²) < 4.78 is 48.7. The number of aromatic hydroxyl groups is 1. The molecule has 34 heavy (non-hydrogen) atoms. The molecule has 5 rings (SSSR count). The number of aryl methyl sites for hydroxylation is 1. The molecule has 0 saturated heterocycles. The minimum Gasteiger partial charge on any atom is -0.494 e.